The number of hydrogen-bond donors (Lipinski definition) is 1. The summed E-state index contributed by atoms with van der Waals surface area (Å²) < 4.78 is 33.3. The Bertz CT molecular complexity index is 1430. The molecule has 0 aliphatic carbocycles. The fourth-order valence-electron chi connectivity index (χ4n) is 4.40. The van der Waals surface area contributed by atoms with Gasteiger partial charge >= 0.3 is 0 Å². The average molecular weight is 487 g/mol. The number of ether oxygens (including phenoxy) is 1. The fourth-order valence-corrected chi connectivity index (χ4v) is 6.71. The third-order valence-corrected chi connectivity index (χ3v) is 8.07. The van der Waals surface area contributed by atoms with E-state index in [1.807, 2.05) is 37.6 Å². The maximum absolute atomic E-state index is 12.7. The third kappa shape index (κ3) is 3.83. The molecule has 4 aromatic heterocycles. The highest BCUT2D eigenvalue weighted by Gasteiger charge is 2.29. The molecule has 11 heteroatoms. The van der Waals surface area contributed by atoms with E-state index in [2.05, 4.69) is 21.8 Å². The van der Waals surface area contributed by atoms with E-state index in [0.29, 0.717) is 36.8 Å². The lowest BCUT2D eigenvalue weighted by atomic mass is 10.1. The van der Waals surface area contributed by atoms with Crippen molar-refractivity contribution in [1.82, 2.24) is 19.9 Å². The third-order valence-electron chi connectivity index (χ3n) is 5.78. The van der Waals surface area contributed by atoms with Crippen molar-refractivity contribution >= 4 is 54.1 Å². The smallest absolute Gasteiger partial charge is 0.232 e. The minimum Gasteiger partial charge on any atom is -0.377 e. The van der Waals surface area contributed by atoms with Crippen LogP contribution in [0.4, 0.5) is 11.5 Å². The van der Waals surface area contributed by atoms with E-state index in [9.17, 15) is 8.42 Å². The van der Waals surface area contributed by atoms with Gasteiger partial charge in [0.25, 0.3) is 0 Å². The summed E-state index contributed by atoms with van der Waals surface area (Å²) in [4.78, 5) is 19.7. The van der Waals surface area contributed by atoms with Gasteiger partial charge in [-0.1, -0.05) is 0 Å². The molecule has 0 saturated carbocycles. The second kappa shape index (κ2) is 8.23. The van der Waals surface area contributed by atoms with Crippen LogP contribution in [0.3, 0.4) is 0 Å². The molecular formula is C22H26N6O3S2. The maximum atomic E-state index is 12.7. The minimum atomic E-state index is -3.50. The Kier molecular flexibility index (Phi) is 5.50. The van der Waals surface area contributed by atoms with Gasteiger partial charge in [-0.05, 0) is 32.9 Å². The second-order valence-electron chi connectivity index (χ2n) is 8.54. The number of anilines is 2. The van der Waals surface area contributed by atoms with Gasteiger partial charge in [-0.15, -0.1) is 11.3 Å². The van der Waals surface area contributed by atoms with Crippen molar-refractivity contribution < 1.29 is 13.2 Å². The number of nitrogens with zero attached hydrogens (tertiary/aromatic N) is 5. The lowest BCUT2D eigenvalue weighted by Crippen LogP contribution is -2.44. The first-order valence-corrected chi connectivity index (χ1v) is 13.5. The highest BCUT2D eigenvalue weighted by atomic mass is 32.2. The molecule has 174 valence electrons. The SMILES string of the molecule is CC(C)N(c1csc2c(N3CCOC[C@H]3C)nc(-c3ccnc4[nH]ccc34)nc12)S(C)(=O)=O. The van der Waals surface area contributed by atoms with Crippen molar-refractivity contribution in [3.8, 4) is 11.4 Å². The van der Waals surface area contributed by atoms with E-state index in [4.69, 9.17) is 14.7 Å². The highest BCUT2D eigenvalue weighted by molar-refractivity contribution is 7.92. The number of hydrogen-bond acceptors (Lipinski definition) is 8. The molecule has 9 nitrogen and oxygen atoms in total. The quantitative estimate of drug-likeness (QED) is 0.459. The lowest BCUT2D eigenvalue weighted by molar-refractivity contribution is 0.0987. The van der Waals surface area contributed by atoms with Crippen LogP contribution in [0.15, 0.2) is 29.9 Å². The van der Waals surface area contributed by atoms with Gasteiger partial charge in [-0.3, -0.25) is 4.31 Å². The van der Waals surface area contributed by atoms with Crippen LogP contribution in [0.1, 0.15) is 20.8 Å². The van der Waals surface area contributed by atoms with Gasteiger partial charge in [0.15, 0.2) is 11.6 Å². The topological polar surface area (TPSA) is 104 Å². The van der Waals surface area contributed by atoms with Crippen molar-refractivity contribution in [3.05, 3.63) is 29.9 Å². The molecule has 1 N–H and O–H groups in total. The molecule has 0 aromatic carbocycles. The van der Waals surface area contributed by atoms with Crippen LogP contribution in [0, 0.1) is 0 Å². The average Bonchev–Trinajstić information content (AvgIpc) is 3.39. The second-order valence-corrected chi connectivity index (χ2v) is 11.3. The number of thiophene rings is 1. The Balaban J connectivity index is 1.80. The molecule has 1 aliphatic rings. The highest BCUT2D eigenvalue weighted by Crippen LogP contribution is 2.41. The van der Waals surface area contributed by atoms with E-state index >= 15 is 0 Å². The summed E-state index contributed by atoms with van der Waals surface area (Å²) in [6.45, 7) is 7.76. The summed E-state index contributed by atoms with van der Waals surface area (Å²) in [7, 11) is -3.50. The summed E-state index contributed by atoms with van der Waals surface area (Å²) in [5.74, 6) is 1.35. The van der Waals surface area contributed by atoms with Crippen LogP contribution < -0.4 is 9.21 Å². The number of aromatic nitrogens is 4. The van der Waals surface area contributed by atoms with Crippen LogP contribution in [0.2, 0.25) is 0 Å². The number of pyridine rings is 1. The Morgan fingerprint density at radius 2 is 2.12 bits per heavy atom. The molecule has 0 bridgehead atoms. The van der Waals surface area contributed by atoms with Crippen LogP contribution in [0.5, 0.6) is 0 Å². The number of nitrogens with one attached hydrogen (secondary N) is 1. The van der Waals surface area contributed by atoms with E-state index in [1.54, 1.807) is 6.20 Å². The molecule has 1 fully saturated rings. The van der Waals surface area contributed by atoms with Crippen LogP contribution in [0.25, 0.3) is 32.6 Å². The number of fused-ring (bicyclic) bond motifs is 2. The van der Waals surface area contributed by atoms with Crippen LogP contribution in [-0.4, -0.2) is 66.5 Å². The lowest BCUT2D eigenvalue weighted by Gasteiger charge is -2.34. The molecule has 0 unspecified atom stereocenters. The zero-order chi connectivity index (χ0) is 23.3. The molecule has 0 spiro atoms. The van der Waals surface area contributed by atoms with Gasteiger partial charge in [-0.25, -0.2) is 23.4 Å². The van der Waals surface area contributed by atoms with Gasteiger partial charge in [0.2, 0.25) is 10.0 Å². The minimum absolute atomic E-state index is 0.135. The van der Waals surface area contributed by atoms with Crippen LogP contribution >= 0.6 is 11.3 Å². The summed E-state index contributed by atoms with van der Waals surface area (Å²) in [6.07, 6.45) is 4.80. The first-order chi connectivity index (χ1) is 15.8. The fraction of sp³-hybridized carbons (Fsp3) is 0.409. The zero-order valence-corrected chi connectivity index (χ0v) is 20.6. The molecule has 1 atom stereocenters. The first kappa shape index (κ1) is 22.1. The molecule has 5 heterocycles. The Hall–Kier alpha value is -2.76. The summed E-state index contributed by atoms with van der Waals surface area (Å²) in [6, 6.07) is 3.73. The molecule has 4 aromatic rings. The molecule has 1 saturated heterocycles. The van der Waals surface area contributed by atoms with E-state index < -0.39 is 10.0 Å². The zero-order valence-electron chi connectivity index (χ0n) is 18.9. The normalized spacial score (nSPS) is 17.4. The molecule has 0 radical (unpaired) electrons. The van der Waals surface area contributed by atoms with Crippen molar-refractivity contribution in [1.29, 1.82) is 0 Å². The number of sulfonamides is 1. The standard InChI is InChI=1S/C22H26N6O3S2/c1-13(2)28(33(4,29)30)17-12-32-19-18(17)25-21(16-6-8-24-20-15(16)5-7-23-20)26-22(19)27-9-10-31-11-14(27)3/h5-8,12-14H,9-11H2,1-4H3,(H,23,24)/t14-/m1/s1. The largest absolute Gasteiger partial charge is 0.377 e. The van der Waals surface area contributed by atoms with E-state index in [1.165, 1.54) is 21.9 Å². The monoisotopic (exact) mass is 486 g/mol. The number of H-pyrrole nitrogens is 1. The first-order valence-electron chi connectivity index (χ1n) is 10.8. The van der Waals surface area contributed by atoms with Gasteiger partial charge in [-0.2, -0.15) is 0 Å². The molecule has 5 rings (SSSR count). The molecule has 1 aliphatic heterocycles. The molecule has 0 amide bonds. The van der Waals surface area contributed by atoms with Gasteiger partial charge in [0, 0.05) is 41.3 Å². The van der Waals surface area contributed by atoms with Crippen molar-refractivity contribution in [2.75, 3.05) is 35.2 Å². The van der Waals surface area contributed by atoms with Crippen molar-refractivity contribution in [2.24, 2.45) is 0 Å². The van der Waals surface area contributed by atoms with Gasteiger partial charge < -0.3 is 14.6 Å². The predicted molar refractivity (Wildman–Crippen MR) is 133 cm³/mol. The Morgan fingerprint density at radius 3 is 2.85 bits per heavy atom. The predicted octanol–water partition coefficient (Wildman–Crippen LogP) is 3.63. The van der Waals surface area contributed by atoms with Crippen molar-refractivity contribution in [2.45, 2.75) is 32.9 Å². The van der Waals surface area contributed by atoms with Gasteiger partial charge in [0.05, 0.1) is 35.9 Å². The van der Waals surface area contributed by atoms with Crippen molar-refractivity contribution in [3.63, 3.8) is 0 Å². The maximum Gasteiger partial charge on any atom is 0.232 e. The Labute approximate surface area is 196 Å². The number of rotatable bonds is 5. The number of morpholine rings is 1. The molecule has 33 heavy (non-hydrogen) atoms. The summed E-state index contributed by atoms with van der Waals surface area (Å²) in [5, 5.41) is 2.79. The Morgan fingerprint density at radius 1 is 1.30 bits per heavy atom. The van der Waals surface area contributed by atoms with E-state index in [0.717, 1.165) is 27.1 Å². The summed E-state index contributed by atoms with van der Waals surface area (Å²) in [5.41, 5.74) is 2.82. The van der Waals surface area contributed by atoms with Crippen LogP contribution in [-0.2, 0) is 14.8 Å². The van der Waals surface area contributed by atoms with Gasteiger partial charge in [0.1, 0.15) is 11.2 Å². The molecular weight excluding hydrogens is 460 g/mol. The van der Waals surface area contributed by atoms with E-state index in [-0.39, 0.29) is 12.1 Å². The number of aromatic amines is 1. The summed E-state index contributed by atoms with van der Waals surface area (Å²) >= 11 is 1.48.